The number of nitrogens with one attached hydrogen (secondary N) is 1. The second kappa shape index (κ2) is 7.67. The van der Waals surface area contributed by atoms with Crippen molar-refractivity contribution in [2.75, 3.05) is 49.2 Å². The molecule has 2 aliphatic heterocycles. The van der Waals surface area contributed by atoms with Crippen molar-refractivity contribution in [1.82, 2.24) is 15.3 Å². The predicted octanol–water partition coefficient (Wildman–Crippen LogP) is 0.390. The highest BCUT2D eigenvalue weighted by Crippen LogP contribution is 2.33. The van der Waals surface area contributed by atoms with Crippen molar-refractivity contribution in [2.24, 2.45) is 0 Å². The van der Waals surface area contributed by atoms with Gasteiger partial charge in [0, 0.05) is 50.9 Å². The Morgan fingerprint density at radius 1 is 1.26 bits per heavy atom. The number of morpholine rings is 1. The Balaban J connectivity index is 1.91. The minimum atomic E-state index is -1.10. The van der Waals surface area contributed by atoms with E-state index in [1.165, 1.54) is 6.92 Å². The summed E-state index contributed by atoms with van der Waals surface area (Å²) in [5.41, 5.74) is -0.506. The van der Waals surface area contributed by atoms with Gasteiger partial charge in [0.2, 0.25) is 11.9 Å². The van der Waals surface area contributed by atoms with Crippen molar-refractivity contribution in [2.45, 2.75) is 38.6 Å². The topological polar surface area (TPSA) is 108 Å². The molecular formula is C18H27N5O4. The van der Waals surface area contributed by atoms with Gasteiger partial charge in [-0.2, -0.15) is 4.98 Å². The Hall–Kier alpha value is -2.42. The van der Waals surface area contributed by atoms with Crippen LogP contribution in [0.5, 0.6) is 0 Å². The molecule has 0 radical (unpaired) electrons. The molecule has 27 heavy (non-hydrogen) atoms. The number of carbonyl (C=O) groups excluding carboxylic acids is 1. The molecular weight excluding hydrogens is 350 g/mol. The summed E-state index contributed by atoms with van der Waals surface area (Å²) in [4.78, 5) is 36.4. The van der Waals surface area contributed by atoms with Crippen LogP contribution in [0.2, 0.25) is 0 Å². The zero-order valence-electron chi connectivity index (χ0n) is 16.1. The van der Waals surface area contributed by atoms with Crippen LogP contribution < -0.4 is 15.1 Å². The van der Waals surface area contributed by atoms with Crippen LogP contribution in [0.4, 0.5) is 11.8 Å². The lowest BCUT2D eigenvalue weighted by Gasteiger charge is -2.33. The number of anilines is 2. The normalized spacial score (nSPS) is 20.6. The molecule has 2 aliphatic rings. The van der Waals surface area contributed by atoms with Crippen LogP contribution in [0.1, 0.15) is 32.8 Å². The van der Waals surface area contributed by atoms with Gasteiger partial charge in [-0.1, -0.05) is 0 Å². The first-order valence-corrected chi connectivity index (χ1v) is 9.24. The molecule has 1 atom stereocenters. The van der Waals surface area contributed by atoms with Crippen LogP contribution in [-0.2, 0) is 19.7 Å². The van der Waals surface area contributed by atoms with E-state index in [1.54, 1.807) is 20.0 Å². The molecule has 0 aromatic carbocycles. The maximum absolute atomic E-state index is 11.8. The largest absolute Gasteiger partial charge is 0.481 e. The number of carboxylic acids is 1. The summed E-state index contributed by atoms with van der Waals surface area (Å²) >= 11 is 0. The van der Waals surface area contributed by atoms with Gasteiger partial charge in [0.05, 0.1) is 18.6 Å². The fraction of sp³-hybridized carbons (Fsp3) is 0.667. The van der Waals surface area contributed by atoms with Crippen molar-refractivity contribution < 1.29 is 19.4 Å². The molecule has 9 heteroatoms. The van der Waals surface area contributed by atoms with Gasteiger partial charge in [0.15, 0.2) is 0 Å². The number of aromatic nitrogens is 2. The summed E-state index contributed by atoms with van der Waals surface area (Å²) in [5.74, 6) is 0.253. The first-order valence-electron chi connectivity index (χ1n) is 9.24. The Bertz CT molecular complexity index is 718. The summed E-state index contributed by atoms with van der Waals surface area (Å²) in [7, 11) is 0. The van der Waals surface area contributed by atoms with E-state index in [4.69, 9.17) is 9.72 Å². The average molecular weight is 377 g/mol. The second-order valence-corrected chi connectivity index (χ2v) is 7.57. The highest BCUT2D eigenvalue weighted by molar-refractivity contribution is 5.82. The molecule has 1 aromatic heterocycles. The molecule has 2 N–H and O–H groups in total. The molecule has 0 spiro atoms. The standard InChI is InChI=1S/C18H27N5O4/c1-12(24)20-13-4-5-23(11-13)17-19-10-14(18(2,3)16(25)26)15(21-17)22-6-8-27-9-7-22/h10,13H,4-9,11H2,1-3H3,(H,20,24)(H,25,26)/t13-/m0/s1. The first-order chi connectivity index (χ1) is 12.8. The highest BCUT2D eigenvalue weighted by atomic mass is 16.5. The smallest absolute Gasteiger partial charge is 0.313 e. The molecule has 148 valence electrons. The monoisotopic (exact) mass is 377 g/mol. The maximum Gasteiger partial charge on any atom is 0.313 e. The second-order valence-electron chi connectivity index (χ2n) is 7.57. The summed E-state index contributed by atoms with van der Waals surface area (Å²) in [6.07, 6.45) is 2.46. The summed E-state index contributed by atoms with van der Waals surface area (Å²) < 4.78 is 5.42. The summed E-state index contributed by atoms with van der Waals surface area (Å²) in [6, 6.07) is 0.0769. The van der Waals surface area contributed by atoms with E-state index in [-0.39, 0.29) is 11.9 Å². The van der Waals surface area contributed by atoms with Gasteiger partial charge in [-0.3, -0.25) is 9.59 Å². The van der Waals surface area contributed by atoms with E-state index in [1.807, 2.05) is 4.90 Å². The quantitative estimate of drug-likeness (QED) is 0.759. The minimum Gasteiger partial charge on any atom is -0.481 e. The van der Waals surface area contributed by atoms with Crippen LogP contribution in [0.15, 0.2) is 6.20 Å². The molecule has 1 amide bonds. The van der Waals surface area contributed by atoms with Crippen LogP contribution in [0, 0.1) is 0 Å². The third kappa shape index (κ3) is 4.13. The summed E-state index contributed by atoms with van der Waals surface area (Å²) in [5, 5.41) is 12.6. The number of rotatable bonds is 5. The zero-order valence-corrected chi connectivity index (χ0v) is 16.1. The molecule has 0 saturated carbocycles. The Morgan fingerprint density at radius 3 is 2.59 bits per heavy atom. The van der Waals surface area contributed by atoms with Gasteiger partial charge in [0.25, 0.3) is 0 Å². The molecule has 1 aromatic rings. The van der Waals surface area contributed by atoms with E-state index < -0.39 is 11.4 Å². The van der Waals surface area contributed by atoms with Gasteiger partial charge < -0.3 is 25.0 Å². The van der Waals surface area contributed by atoms with Crippen molar-refractivity contribution in [3.05, 3.63) is 11.8 Å². The van der Waals surface area contributed by atoms with E-state index in [2.05, 4.69) is 15.2 Å². The first kappa shape index (κ1) is 19.3. The van der Waals surface area contributed by atoms with E-state index >= 15 is 0 Å². The lowest BCUT2D eigenvalue weighted by molar-refractivity contribution is -0.142. The Kier molecular flexibility index (Phi) is 5.50. The van der Waals surface area contributed by atoms with Gasteiger partial charge in [-0.05, 0) is 20.3 Å². The predicted molar refractivity (Wildman–Crippen MR) is 100 cm³/mol. The molecule has 3 heterocycles. The molecule has 9 nitrogen and oxygen atoms in total. The van der Waals surface area contributed by atoms with Gasteiger partial charge in [-0.15, -0.1) is 0 Å². The van der Waals surface area contributed by atoms with Crippen molar-refractivity contribution in [3.8, 4) is 0 Å². The van der Waals surface area contributed by atoms with Gasteiger partial charge >= 0.3 is 5.97 Å². The van der Waals surface area contributed by atoms with Crippen molar-refractivity contribution >= 4 is 23.6 Å². The van der Waals surface area contributed by atoms with E-state index in [0.29, 0.717) is 50.2 Å². The fourth-order valence-corrected chi connectivity index (χ4v) is 3.44. The number of hydrogen-bond donors (Lipinski definition) is 2. The molecule has 2 saturated heterocycles. The fourth-order valence-electron chi connectivity index (χ4n) is 3.44. The molecule has 0 aliphatic carbocycles. The highest BCUT2D eigenvalue weighted by Gasteiger charge is 2.36. The number of carboxylic acid groups (broad SMARTS) is 1. The summed E-state index contributed by atoms with van der Waals surface area (Å²) in [6.45, 7) is 8.72. The Labute approximate surface area is 158 Å². The van der Waals surface area contributed by atoms with Gasteiger partial charge in [-0.25, -0.2) is 4.98 Å². The zero-order chi connectivity index (χ0) is 19.6. The third-order valence-corrected chi connectivity index (χ3v) is 5.15. The number of aliphatic carboxylic acids is 1. The lowest BCUT2D eigenvalue weighted by Crippen LogP contribution is -2.40. The number of carbonyl (C=O) groups is 2. The number of amides is 1. The molecule has 3 rings (SSSR count). The van der Waals surface area contributed by atoms with Crippen LogP contribution in [-0.4, -0.2) is 72.4 Å². The van der Waals surface area contributed by atoms with Crippen LogP contribution >= 0.6 is 0 Å². The molecule has 0 bridgehead atoms. The molecule has 0 unspecified atom stereocenters. The Morgan fingerprint density at radius 2 is 1.96 bits per heavy atom. The number of nitrogens with zero attached hydrogens (tertiary/aromatic N) is 4. The third-order valence-electron chi connectivity index (χ3n) is 5.15. The average Bonchev–Trinajstić information content (AvgIpc) is 3.09. The minimum absolute atomic E-state index is 0.0460. The SMILES string of the molecule is CC(=O)N[C@H]1CCN(c2ncc(C(C)(C)C(=O)O)c(N3CCOCC3)n2)C1. The van der Waals surface area contributed by atoms with Crippen molar-refractivity contribution in [3.63, 3.8) is 0 Å². The van der Waals surface area contributed by atoms with Gasteiger partial charge in [0.1, 0.15) is 5.82 Å². The lowest BCUT2D eigenvalue weighted by atomic mass is 9.85. The van der Waals surface area contributed by atoms with Crippen LogP contribution in [0.25, 0.3) is 0 Å². The number of hydrogen-bond acceptors (Lipinski definition) is 7. The van der Waals surface area contributed by atoms with Crippen LogP contribution in [0.3, 0.4) is 0 Å². The van der Waals surface area contributed by atoms with Crippen molar-refractivity contribution in [1.29, 1.82) is 0 Å². The van der Waals surface area contributed by atoms with E-state index in [0.717, 1.165) is 13.0 Å². The van der Waals surface area contributed by atoms with E-state index in [9.17, 15) is 14.7 Å². The number of ether oxygens (including phenoxy) is 1. The maximum atomic E-state index is 11.8. The molecule has 2 fully saturated rings.